The van der Waals surface area contributed by atoms with Crippen molar-refractivity contribution in [3.8, 4) is 0 Å². The van der Waals surface area contributed by atoms with E-state index >= 15 is 0 Å². The molecule has 2 fully saturated rings. The molecule has 1 aromatic heterocycles. The number of aliphatic hydroxyl groups is 10. The fourth-order valence-corrected chi connectivity index (χ4v) is 10.1. The van der Waals surface area contributed by atoms with Crippen molar-refractivity contribution in [3.63, 3.8) is 0 Å². The van der Waals surface area contributed by atoms with Crippen LogP contribution in [0.15, 0.2) is 116 Å². The molecule has 2 saturated heterocycles. The first kappa shape index (κ1) is 65.6. The second-order valence-electron chi connectivity index (χ2n) is 21.4. The van der Waals surface area contributed by atoms with Gasteiger partial charge in [-0.3, -0.25) is 14.4 Å². The van der Waals surface area contributed by atoms with Gasteiger partial charge in [0.15, 0.2) is 12.1 Å². The number of cyclic esters (lactones) is 1. The Hall–Kier alpha value is -5.21. The fourth-order valence-electron chi connectivity index (χ4n) is 10.1. The normalized spacial score (nSPS) is 39.5. The zero-order valence-electron chi connectivity index (χ0n) is 46.1. The van der Waals surface area contributed by atoms with E-state index in [0.29, 0.717) is 0 Å². The third-order valence-electron chi connectivity index (χ3n) is 14.9. The van der Waals surface area contributed by atoms with Crippen LogP contribution in [0.2, 0.25) is 0 Å². The molecular formula is C59H85N3O18. The number of nitrogens with two attached hydrogens (primary N) is 1. The number of H-pyrrole nitrogens is 1. The lowest BCUT2D eigenvalue weighted by Crippen LogP contribution is -2.65. The quantitative estimate of drug-likeness (QED) is 0.176. The van der Waals surface area contributed by atoms with Gasteiger partial charge in [0, 0.05) is 54.6 Å². The second kappa shape index (κ2) is 31.9. The van der Waals surface area contributed by atoms with E-state index in [1.54, 1.807) is 80.8 Å². The Kier molecular flexibility index (Phi) is 26.1. The third-order valence-corrected chi connectivity index (χ3v) is 14.9. The lowest BCUT2D eigenvalue weighted by molar-refractivity contribution is -0.309. The van der Waals surface area contributed by atoms with E-state index in [9.17, 15) is 65.4 Å². The van der Waals surface area contributed by atoms with Crippen LogP contribution in [0.5, 0.6) is 0 Å². The molecule has 21 heteroatoms. The predicted octanol–water partition coefficient (Wildman–Crippen LogP) is 2.01. The summed E-state index contributed by atoms with van der Waals surface area (Å²) >= 11 is 0. The Balaban J connectivity index is 1.38. The molecule has 3 aliphatic heterocycles. The summed E-state index contributed by atoms with van der Waals surface area (Å²) in [4.78, 5) is 42.8. The summed E-state index contributed by atoms with van der Waals surface area (Å²) in [5.74, 6) is -6.84. The number of amides is 1. The van der Waals surface area contributed by atoms with Crippen LogP contribution in [-0.2, 0) is 44.5 Å². The zero-order chi connectivity index (χ0) is 58.7. The maximum Gasteiger partial charge on any atom is 0.313 e. The largest absolute Gasteiger partial charge is 0.469 e. The Morgan fingerprint density at radius 2 is 1.36 bits per heavy atom. The van der Waals surface area contributed by atoms with E-state index in [-0.39, 0.29) is 38.0 Å². The number of ether oxygens (including phenoxy) is 5. The lowest BCUT2D eigenvalue weighted by Gasteiger charge is -2.46. The number of hydrogen-bond donors (Lipinski definition) is 13. The highest BCUT2D eigenvalue weighted by atomic mass is 16.7. The van der Waals surface area contributed by atoms with E-state index < -0.39 is 159 Å². The van der Waals surface area contributed by atoms with E-state index in [1.807, 2.05) is 49.4 Å². The van der Waals surface area contributed by atoms with Crippen LogP contribution in [0.1, 0.15) is 84.6 Å². The molecule has 2 bridgehead atoms. The topological polar surface area (TPSA) is 354 Å². The molecule has 444 valence electrons. The van der Waals surface area contributed by atoms with E-state index in [4.69, 9.17) is 29.4 Å². The molecular weight excluding hydrogens is 1040 g/mol. The van der Waals surface area contributed by atoms with Gasteiger partial charge >= 0.3 is 11.9 Å². The zero-order valence-corrected chi connectivity index (χ0v) is 46.1. The van der Waals surface area contributed by atoms with Crippen molar-refractivity contribution in [1.29, 1.82) is 0 Å². The average Bonchev–Trinajstić information content (AvgIpc) is 3.86. The molecule has 21 nitrogen and oxygen atoms in total. The van der Waals surface area contributed by atoms with E-state index in [0.717, 1.165) is 23.6 Å². The number of esters is 2. The SMILES string of the molecule is COC(=O)[C@H]1[C@@H]2C[C@@H](O[C@@H]3O[C@H](C)[C@@H](O)[C@H](NC(=O)[C@H](N)Cc4c[nH]c5ccccc45)[C@@H]3O)/C=C/C=C/C=C/C=C/C=C/C=C/C=C/[C@H](C)[C@@H](O)[C@@H](C)[C@H](C)OC(=O)C[C@H](O)C[C@H](O)CC[C@@H](O)[C@H](O)C[C@H](O)C[C@](O)(C[C@@H]1O)O2. The number of hydrogen-bond acceptors (Lipinski definition) is 19. The van der Waals surface area contributed by atoms with Crippen molar-refractivity contribution in [1.82, 2.24) is 10.3 Å². The number of allylic oxidation sites excluding steroid dienone is 12. The van der Waals surface area contributed by atoms with Crippen LogP contribution in [0.3, 0.4) is 0 Å². The highest BCUT2D eigenvalue weighted by Gasteiger charge is 2.52. The number of rotatable bonds is 7. The highest BCUT2D eigenvalue weighted by Crippen LogP contribution is 2.39. The highest BCUT2D eigenvalue weighted by molar-refractivity contribution is 5.86. The van der Waals surface area contributed by atoms with Crippen LogP contribution < -0.4 is 11.1 Å². The number of fused-ring (bicyclic) bond motifs is 3. The minimum Gasteiger partial charge on any atom is -0.469 e. The van der Waals surface area contributed by atoms with E-state index in [1.165, 1.54) is 13.0 Å². The molecule has 0 aliphatic carbocycles. The summed E-state index contributed by atoms with van der Waals surface area (Å²) in [7, 11) is 1.10. The summed E-state index contributed by atoms with van der Waals surface area (Å²) < 4.78 is 29.0. The van der Waals surface area contributed by atoms with Gasteiger partial charge < -0.3 is 90.8 Å². The maximum atomic E-state index is 13.6. The Labute approximate surface area is 467 Å². The summed E-state index contributed by atoms with van der Waals surface area (Å²) in [5.41, 5.74) is 8.02. The van der Waals surface area contributed by atoms with Gasteiger partial charge in [-0.1, -0.05) is 117 Å². The molecule has 5 rings (SSSR count). The Bertz CT molecular complexity index is 2470. The second-order valence-corrected chi connectivity index (χ2v) is 21.4. The van der Waals surface area contributed by atoms with Crippen molar-refractivity contribution in [3.05, 3.63) is 121 Å². The summed E-state index contributed by atoms with van der Waals surface area (Å²) in [6.07, 6.45) is 4.57. The van der Waals surface area contributed by atoms with Crippen molar-refractivity contribution in [2.24, 2.45) is 23.5 Å². The number of methoxy groups -OCH3 is 1. The van der Waals surface area contributed by atoms with Gasteiger partial charge in [0.1, 0.15) is 24.2 Å². The van der Waals surface area contributed by atoms with Crippen molar-refractivity contribution < 1.29 is 89.1 Å². The smallest absolute Gasteiger partial charge is 0.313 e. The number of carbonyl (C=O) groups excluding carboxylic acids is 3. The monoisotopic (exact) mass is 1120 g/mol. The van der Waals surface area contributed by atoms with Gasteiger partial charge in [0.2, 0.25) is 5.91 Å². The van der Waals surface area contributed by atoms with Gasteiger partial charge in [0.25, 0.3) is 0 Å². The van der Waals surface area contributed by atoms with Crippen LogP contribution in [0.25, 0.3) is 10.9 Å². The minimum absolute atomic E-state index is 0.119. The molecule has 4 heterocycles. The maximum absolute atomic E-state index is 13.6. The number of para-hydroxylation sites is 1. The lowest BCUT2D eigenvalue weighted by atomic mass is 9.82. The molecule has 14 N–H and O–H groups in total. The fraction of sp³-hybridized carbons (Fsp3) is 0.576. The summed E-state index contributed by atoms with van der Waals surface area (Å²) in [6, 6.07) is 5.07. The van der Waals surface area contributed by atoms with Gasteiger partial charge in [0.05, 0.1) is 86.7 Å². The van der Waals surface area contributed by atoms with Crippen LogP contribution in [0.4, 0.5) is 0 Å². The summed E-state index contributed by atoms with van der Waals surface area (Å²) in [5, 5.41) is 115. The average molecular weight is 1120 g/mol. The van der Waals surface area contributed by atoms with Gasteiger partial charge in [-0.15, -0.1) is 0 Å². The van der Waals surface area contributed by atoms with Crippen molar-refractivity contribution in [2.75, 3.05) is 7.11 Å². The standard InChI is InChI=1S/C59H85N3O18/c1-34-20-16-14-12-10-8-6-7-9-11-13-15-17-21-42(79-58-55(72)52(54(71)37(4)78-58)62-56(73)44(60)26-38-33-61-45-23-19-18-22-43(38)45)30-49-51(57(74)76-5)48(68)32-59(75,80-49)31-41(65)28-47(67)46(66)25-24-39(63)27-40(64)29-50(69)77-36(3)35(2)53(34)70/h6-23,33-37,39-42,44,46-49,51-55,58,61,63-68,70-72,75H,24-32,60H2,1-5H3,(H,62,73)/b7-6+,10-8+,11-9+,14-12+,15-13+,20-16+,21-17+/t34-,35-,36-,37+,39+,40+,41-,42-,44+,46+,47+,48-,49-,51+,52-,53+,54+,55-,58-,59+/m0/s1. The Morgan fingerprint density at radius 3 is 2.01 bits per heavy atom. The van der Waals surface area contributed by atoms with Crippen LogP contribution in [-0.4, -0.2) is 185 Å². The molecule has 0 spiro atoms. The molecule has 0 saturated carbocycles. The molecule has 3 aliphatic rings. The first-order valence-electron chi connectivity index (χ1n) is 27.4. The Morgan fingerprint density at radius 1 is 0.738 bits per heavy atom. The number of aromatic nitrogens is 1. The molecule has 1 aromatic carbocycles. The third kappa shape index (κ3) is 19.8. The number of aromatic amines is 1. The van der Waals surface area contributed by atoms with Crippen LogP contribution >= 0.6 is 0 Å². The molecule has 0 radical (unpaired) electrons. The number of nitrogens with one attached hydrogen (secondary N) is 2. The molecule has 20 atom stereocenters. The predicted molar refractivity (Wildman–Crippen MR) is 295 cm³/mol. The van der Waals surface area contributed by atoms with Gasteiger partial charge in [-0.25, -0.2) is 0 Å². The van der Waals surface area contributed by atoms with Crippen LogP contribution in [0, 0.1) is 17.8 Å². The first-order chi connectivity index (χ1) is 38.0. The number of benzene rings is 1. The van der Waals surface area contributed by atoms with Crippen molar-refractivity contribution >= 4 is 28.7 Å². The molecule has 1 amide bonds. The van der Waals surface area contributed by atoms with Gasteiger partial charge in [-0.2, -0.15) is 0 Å². The number of aliphatic hydroxyl groups excluding tert-OH is 9. The summed E-state index contributed by atoms with van der Waals surface area (Å²) in [6.45, 7) is 6.73. The minimum atomic E-state index is -2.34. The van der Waals surface area contributed by atoms with Crippen molar-refractivity contribution in [2.45, 2.75) is 189 Å². The van der Waals surface area contributed by atoms with Gasteiger partial charge in [-0.05, 0) is 51.2 Å². The van der Waals surface area contributed by atoms with E-state index in [2.05, 4.69) is 10.3 Å². The molecule has 80 heavy (non-hydrogen) atoms. The first-order valence-corrected chi connectivity index (χ1v) is 27.4. The number of carbonyl (C=O) groups is 3. The molecule has 2 aromatic rings. The molecule has 0 unspecified atom stereocenters.